The van der Waals surface area contributed by atoms with E-state index < -0.39 is 11.9 Å². The number of esters is 1. The first-order chi connectivity index (χ1) is 8.04. The number of nitrogens with zero attached hydrogens (tertiary/aromatic N) is 1. The fraction of sp³-hybridized carbons (Fsp3) is 0.182. The Balaban J connectivity index is 2.94. The highest BCUT2D eigenvalue weighted by molar-refractivity contribution is 6.30. The van der Waals surface area contributed by atoms with Gasteiger partial charge in [0.25, 0.3) is 0 Å². The van der Waals surface area contributed by atoms with E-state index in [0.717, 1.165) is 0 Å². The summed E-state index contributed by atoms with van der Waals surface area (Å²) in [5.41, 5.74) is 0.725. The minimum absolute atomic E-state index is 0.126. The first kappa shape index (κ1) is 13.2. The summed E-state index contributed by atoms with van der Waals surface area (Å²) < 4.78 is 4.53. The number of carboxylic acids is 1. The molecule has 0 spiro atoms. The van der Waals surface area contributed by atoms with Gasteiger partial charge < -0.3 is 9.84 Å². The van der Waals surface area contributed by atoms with Crippen LogP contribution in [0, 0.1) is 0 Å². The fourth-order valence-corrected chi connectivity index (χ4v) is 1.26. The summed E-state index contributed by atoms with van der Waals surface area (Å²) in [6.07, 6.45) is 4.09. The molecule has 90 valence electrons. The highest BCUT2D eigenvalue weighted by Crippen LogP contribution is 2.16. The smallest absolute Gasteiger partial charge is 0.339 e. The predicted octanol–water partition coefficient (Wildman–Crippen LogP) is 2.01. The van der Waals surface area contributed by atoms with Gasteiger partial charge in [0.2, 0.25) is 0 Å². The van der Waals surface area contributed by atoms with E-state index in [1.807, 2.05) is 0 Å². The Hall–Kier alpha value is -1.88. The Morgan fingerprint density at radius 2 is 2.29 bits per heavy atom. The molecule has 1 heterocycles. The van der Waals surface area contributed by atoms with Gasteiger partial charge in [0.1, 0.15) is 5.15 Å². The minimum atomic E-state index is -0.950. The first-order valence-electron chi connectivity index (χ1n) is 4.66. The molecule has 5 nitrogen and oxygen atoms in total. The molecule has 0 aliphatic carbocycles. The van der Waals surface area contributed by atoms with Crippen molar-refractivity contribution in [1.29, 1.82) is 0 Å². The molecular weight excluding hydrogens is 246 g/mol. The first-order valence-corrected chi connectivity index (χ1v) is 5.04. The summed E-state index contributed by atoms with van der Waals surface area (Å²) in [5, 5.41) is 8.66. The molecular formula is C11H10ClNO4. The zero-order valence-electron chi connectivity index (χ0n) is 9.01. The summed E-state index contributed by atoms with van der Waals surface area (Å²) in [5.74, 6) is -1.48. The maximum atomic E-state index is 11.2. The normalized spacial score (nSPS) is 10.5. The van der Waals surface area contributed by atoms with E-state index in [-0.39, 0.29) is 17.1 Å². The SMILES string of the molecule is COC(=O)c1cnc(Cl)c(C=CCC(=O)O)c1. The number of carbonyl (C=O) groups is 2. The number of aliphatic carboxylic acids is 1. The zero-order chi connectivity index (χ0) is 12.8. The van der Waals surface area contributed by atoms with Gasteiger partial charge in [-0.2, -0.15) is 0 Å². The number of halogens is 1. The van der Waals surface area contributed by atoms with Crippen molar-refractivity contribution in [3.8, 4) is 0 Å². The number of carboxylic acid groups (broad SMARTS) is 1. The van der Waals surface area contributed by atoms with Crippen LogP contribution in [-0.2, 0) is 9.53 Å². The van der Waals surface area contributed by atoms with Crippen LogP contribution in [-0.4, -0.2) is 29.1 Å². The molecule has 0 amide bonds. The Morgan fingerprint density at radius 3 is 2.88 bits per heavy atom. The van der Waals surface area contributed by atoms with Gasteiger partial charge >= 0.3 is 11.9 Å². The van der Waals surface area contributed by atoms with E-state index in [1.54, 1.807) is 0 Å². The number of carbonyl (C=O) groups excluding carboxylic acids is 1. The zero-order valence-corrected chi connectivity index (χ0v) is 9.77. The average molecular weight is 256 g/mol. The minimum Gasteiger partial charge on any atom is -0.481 e. The van der Waals surface area contributed by atoms with Crippen LogP contribution in [0.3, 0.4) is 0 Å². The maximum Gasteiger partial charge on any atom is 0.339 e. The van der Waals surface area contributed by atoms with Crippen LogP contribution in [0.5, 0.6) is 0 Å². The third-order valence-electron chi connectivity index (χ3n) is 1.88. The Labute approximate surface area is 103 Å². The van der Waals surface area contributed by atoms with E-state index in [9.17, 15) is 9.59 Å². The Morgan fingerprint density at radius 1 is 1.59 bits per heavy atom. The van der Waals surface area contributed by atoms with Crippen LogP contribution in [0.4, 0.5) is 0 Å². The van der Waals surface area contributed by atoms with Crippen LogP contribution >= 0.6 is 11.6 Å². The Bertz CT molecular complexity index is 471. The molecule has 0 aromatic carbocycles. The lowest BCUT2D eigenvalue weighted by atomic mass is 10.2. The molecule has 1 N–H and O–H groups in total. The van der Waals surface area contributed by atoms with Crippen molar-refractivity contribution >= 4 is 29.6 Å². The fourth-order valence-electron chi connectivity index (χ4n) is 1.10. The molecule has 0 radical (unpaired) electrons. The quantitative estimate of drug-likeness (QED) is 0.658. The molecule has 0 unspecified atom stereocenters. The summed E-state index contributed by atoms with van der Waals surface area (Å²) in [6, 6.07) is 1.49. The molecule has 0 aliphatic heterocycles. The third-order valence-corrected chi connectivity index (χ3v) is 2.19. The molecule has 17 heavy (non-hydrogen) atoms. The lowest BCUT2D eigenvalue weighted by molar-refractivity contribution is -0.135. The molecule has 0 saturated heterocycles. The molecule has 1 aromatic heterocycles. The lowest BCUT2D eigenvalue weighted by Crippen LogP contribution is -2.02. The monoisotopic (exact) mass is 255 g/mol. The lowest BCUT2D eigenvalue weighted by Gasteiger charge is -2.01. The number of pyridine rings is 1. The largest absolute Gasteiger partial charge is 0.481 e. The topological polar surface area (TPSA) is 76.5 Å². The van der Waals surface area contributed by atoms with Crippen molar-refractivity contribution < 1.29 is 19.4 Å². The van der Waals surface area contributed by atoms with Gasteiger partial charge in [0.15, 0.2) is 0 Å². The van der Waals surface area contributed by atoms with Gasteiger partial charge in [-0.25, -0.2) is 9.78 Å². The summed E-state index contributed by atoms with van der Waals surface area (Å²) in [7, 11) is 1.26. The number of rotatable bonds is 4. The van der Waals surface area contributed by atoms with E-state index in [0.29, 0.717) is 5.56 Å². The van der Waals surface area contributed by atoms with Crippen LogP contribution in [0.25, 0.3) is 6.08 Å². The van der Waals surface area contributed by atoms with Crippen molar-refractivity contribution in [2.75, 3.05) is 7.11 Å². The number of ether oxygens (including phenoxy) is 1. The van der Waals surface area contributed by atoms with E-state index in [2.05, 4.69) is 9.72 Å². The molecule has 0 bridgehead atoms. The van der Waals surface area contributed by atoms with Gasteiger partial charge in [0, 0.05) is 11.8 Å². The molecule has 1 aromatic rings. The van der Waals surface area contributed by atoms with E-state index in [1.165, 1.54) is 31.5 Å². The van der Waals surface area contributed by atoms with Crippen LogP contribution < -0.4 is 0 Å². The van der Waals surface area contributed by atoms with Gasteiger partial charge in [-0.1, -0.05) is 23.8 Å². The van der Waals surface area contributed by atoms with Gasteiger partial charge in [0.05, 0.1) is 19.1 Å². The number of hydrogen-bond acceptors (Lipinski definition) is 4. The Kier molecular flexibility index (Phi) is 4.66. The second-order valence-corrected chi connectivity index (χ2v) is 3.45. The van der Waals surface area contributed by atoms with Crippen molar-refractivity contribution in [2.24, 2.45) is 0 Å². The van der Waals surface area contributed by atoms with E-state index >= 15 is 0 Å². The molecule has 6 heteroatoms. The molecule has 0 atom stereocenters. The van der Waals surface area contributed by atoms with Crippen LogP contribution in [0.2, 0.25) is 5.15 Å². The molecule has 0 saturated carbocycles. The number of methoxy groups -OCH3 is 1. The third kappa shape index (κ3) is 3.88. The van der Waals surface area contributed by atoms with Gasteiger partial charge in [-0.05, 0) is 6.07 Å². The highest BCUT2D eigenvalue weighted by atomic mass is 35.5. The summed E-state index contributed by atoms with van der Waals surface area (Å²) in [4.78, 5) is 25.4. The van der Waals surface area contributed by atoms with Crippen molar-refractivity contribution in [3.05, 3.63) is 34.6 Å². The van der Waals surface area contributed by atoms with Crippen molar-refractivity contribution in [3.63, 3.8) is 0 Å². The van der Waals surface area contributed by atoms with Crippen LogP contribution in [0.15, 0.2) is 18.3 Å². The maximum absolute atomic E-state index is 11.2. The average Bonchev–Trinajstić information content (AvgIpc) is 2.30. The van der Waals surface area contributed by atoms with Gasteiger partial charge in [-0.3, -0.25) is 4.79 Å². The molecule has 0 aliphatic rings. The second kappa shape index (κ2) is 6.00. The van der Waals surface area contributed by atoms with E-state index in [4.69, 9.17) is 16.7 Å². The summed E-state index contributed by atoms with van der Waals surface area (Å²) in [6.45, 7) is 0. The second-order valence-electron chi connectivity index (χ2n) is 3.10. The van der Waals surface area contributed by atoms with Gasteiger partial charge in [-0.15, -0.1) is 0 Å². The van der Waals surface area contributed by atoms with Crippen molar-refractivity contribution in [2.45, 2.75) is 6.42 Å². The summed E-state index contributed by atoms with van der Waals surface area (Å²) >= 11 is 5.80. The molecule has 1 rings (SSSR count). The standard InChI is InChI=1S/C11H10ClNO4/c1-17-11(16)8-5-7(10(12)13-6-8)3-2-4-9(14)15/h2-3,5-6H,4H2,1H3,(H,14,15). The highest BCUT2D eigenvalue weighted by Gasteiger charge is 2.08. The van der Waals surface area contributed by atoms with Crippen molar-refractivity contribution in [1.82, 2.24) is 4.98 Å². The number of hydrogen-bond donors (Lipinski definition) is 1. The predicted molar refractivity (Wildman–Crippen MR) is 61.9 cm³/mol. The van der Waals surface area contributed by atoms with Crippen LogP contribution in [0.1, 0.15) is 22.3 Å². The number of aromatic nitrogens is 1. The molecule has 0 fully saturated rings.